The lowest BCUT2D eigenvalue weighted by atomic mass is 10.1. The second-order valence-corrected chi connectivity index (χ2v) is 6.12. The van der Waals surface area contributed by atoms with Crippen LogP contribution in [0.2, 0.25) is 0 Å². The number of anilines is 1. The van der Waals surface area contributed by atoms with Crippen LogP contribution in [0.25, 0.3) is 0 Å². The van der Waals surface area contributed by atoms with Crippen LogP contribution in [0.15, 0.2) is 41.4 Å². The Morgan fingerprint density at radius 1 is 0.867 bits per heavy atom. The van der Waals surface area contributed by atoms with E-state index in [4.69, 9.17) is 18.9 Å². The van der Waals surface area contributed by atoms with E-state index in [1.54, 1.807) is 21.3 Å². The van der Waals surface area contributed by atoms with Crippen LogP contribution in [0.4, 0.5) is 5.69 Å². The van der Waals surface area contributed by atoms with E-state index in [0.29, 0.717) is 24.9 Å². The van der Waals surface area contributed by atoms with Crippen molar-refractivity contribution in [3.63, 3.8) is 0 Å². The molecule has 0 aliphatic carbocycles. The third-order valence-electron chi connectivity index (χ3n) is 4.19. The van der Waals surface area contributed by atoms with Crippen LogP contribution >= 0.6 is 24.0 Å². The molecule has 0 saturated heterocycles. The summed E-state index contributed by atoms with van der Waals surface area (Å²) >= 11 is 0. The van der Waals surface area contributed by atoms with Crippen LogP contribution in [0.1, 0.15) is 19.4 Å². The van der Waals surface area contributed by atoms with E-state index < -0.39 is 0 Å². The second-order valence-electron chi connectivity index (χ2n) is 6.12. The van der Waals surface area contributed by atoms with Crippen molar-refractivity contribution in [1.29, 1.82) is 0 Å². The fourth-order valence-electron chi connectivity index (χ4n) is 2.80. The van der Waals surface area contributed by atoms with Crippen molar-refractivity contribution >= 4 is 35.6 Å². The Kier molecular flexibility index (Phi) is 11.8. The highest BCUT2D eigenvalue weighted by atomic mass is 127. The van der Waals surface area contributed by atoms with Crippen LogP contribution in [-0.2, 0) is 6.42 Å². The van der Waals surface area contributed by atoms with Gasteiger partial charge in [-0.1, -0.05) is 6.07 Å². The molecule has 0 heterocycles. The molecule has 0 saturated carbocycles. The molecule has 2 N–H and O–H groups in total. The number of nitrogens with zero attached hydrogens (tertiary/aromatic N) is 1. The molecule has 0 aliphatic rings. The first-order valence-electron chi connectivity index (χ1n) is 9.72. The molecule has 7 nitrogen and oxygen atoms in total. The third kappa shape index (κ3) is 7.47. The van der Waals surface area contributed by atoms with E-state index in [2.05, 4.69) is 15.6 Å². The van der Waals surface area contributed by atoms with Gasteiger partial charge in [0.2, 0.25) is 0 Å². The van der Waals surface area contributed by atoms with Gasteiger partial charge in [0, 0.05) is 24.8 Å². The van der Waals surface area contributed by atoms with Crippen LogP contribution < -0.4 is 29.6 Å². The minimum Gasteiger partial charge on any atom is -0.493 e. The molecular weight excluding hydrogens is 497 g/mol. The van der Waals surface area contributed by atoms with Gasteiger partial charge in [0.25, 0.3) is 0 Å². The molecule has 166 valence electrons. The number of ether oxygens (including phenoxy) is 4. The zero-order valence-corrected chi connectivity index (χ0v) is 20.6. The number of methoxy groups -OCH3 is 3. The van der Waals surface area contributed by atoms with E-state index in [0.717, 1.165) is 41.5 Å². The predicted molar refractivity (Wildman–Crippen MR) is 132 cm³/mol. The molecule has 30 heavy (non-hydrogen) atoms. The minimum atomic E-state index is 0. The molecule has 0 radical (unpaired) electrons. The average molecular weight is 529 g/mol. The molecule has 8 heteroatoms. The third-order valence-corrected chi connectivity index (χ3v) is 4.19. The maximum absolute atomic E-state index is 5.57. The predicted octanol–water partition coefficient (Wildman–Crippen LogP) is 4.35. The summed E-state index contributed by atoms with van der Waals surface area (Å²) in [5.74, 6) is 3.55. The Morgan fingerprint density at radius 2 is 1.53 bits per heavy atom. The number of guanidine groups is 1. The van der Waals surface area contributed by atoms with Crippen molar-refractivity contribution in [2.24, 2.45) is 4.99 Å². The van der Waals surface area contributed by atoms with Crippen LogP contribution in [0, 0.1) is 0 Å². The van der Waals surface area contributed by atoms with Gasteiger partial charge < -0.3 is 29.6 Å². The van der Waals surface area contributed by atoms with Crippen molar-refractivity contribution < 1.29 is 18.9 Å². The van der Waals surface area contributed by atoms with Crippen molar-refractivity contribution in [3.8, 4) is 23.0 Å². The van der Waals surface area contributed by atoms with E-state index in [1.165, 1.54) is 0 Å². The molecule has 0 atom stereocenters. The molecular formula is C22H32IN3O4. The van der Waals surface area contributed by atoms with Crippen molar-refractivity contribution in [1.82, 2.24) is 5.32 Å². The summed E-state index contributed by atoms with van der Waals surface area (Å²) in [6.45, 7) is 5.95. The van der Waals surface area contributed by atoms with Crippen LogP contribution in [0.3, 0.4) is 0 Å². The molecule has 0 aliphatic heterocycles. The molecule has 2 aromatic rings. The van der Waals surface area contributed by atoms with Crippen molar-refractivity contribution in [2.75, 3.05) is 46.3 Å². The van der Waals surface area contributed by atoms with Gasteiger partial charge in [-0.15, -0.1) is 24.0 Å². The SMILES string of the molecule is CCNC(=NCCc1ccc(OC)c(OC)c1)Nc1ccc(OCC)c(OC)c1.I. The van der Waals surface area contributed by atoms with Gasteiger partial charge in [0.05, 0.1) is 27.9 Å². The van der Waals surface area contributed by atoms with Crippen LogP contribution in [0.5, 0.6) is 23.0 Å². The highest BCUT2D eigenvalue weighted by Gasteiger charge is 2.08. The molecule has 2 aromatic carbocycles. The molecule has 2 rings (SSSR count). The first-order chi connectivity index (χ1) is 14.1. The highest BCUT2D eigenvalue weighted by Crippen LogP contribution is 2.30. The Bertz CT molecular complexity index is 815. The van der Waals surface area contributed by atoms with E-state index in [9.17, 15) is 0 Å². The maximum Gasteiger partial charge on any atom is 0.195 e. The first-order valence-corrected chi connectivity index (χ1v) is 9.72. The summed E-state index contributed by atoms with van der Waals surface area (Å²) in [6, 6.07) is 11.6. The molecule has 0 unspecified atom stereocenters. The fraction of sp³-hybridized carbons (Fsp3) is 0.409. The van der Waals surface area contributed by atoms with E-state index >= 15 is 0 Å². The summed E-state index contributed by atoms with van der Waals surface area (Å²) < 4.78 is 21.6. The summed E-state index contributed by atoms with van der Waals surface area (Å²) in [5.41, 5.74) is 2.00. The number of nitrogens with one attached hydrogen (secondary N) is 2. The zero-order valence-electron chi connectivity index (χ0n) is 18.3. The lowest BCUT2D eigenvalue weighted by molar-refractivity contribution is 0.311. The summed E-state index contributed by atoms with van der Waals surface area (Å²) in [7, 11) is 4.90. The molecule has 0 fully saturated rings. The van der Waals surface area contributed by atoms with Crippen LogP contribution in [-0.4, -0.2) is 47.0 Å². The summed E-state index contributed by atoms with van der Waals surface area (Å²) in [5, 5.41) is 6.57. The van der Waals surface area contributed by atoms with Gasteiger partial charge in [-0.2, -0.15) is 0 Å². The number of hydrogen-bond donors (Lipinski definition) is 2. The number of aliphatic imine (C=N–C) groups is 1. The fourth-order valence-corrected chi connectivity index (χ4v) is 2.80. The number of rotatable bonds is 10. The Balaban J connectivity index is 0.00000450. The number of halogens is 1. The normalized spacial score (nSPS) is 10.6. The van der Waals surface area contributed by atoms with Crippen molar-refractivity contribution in [2.45, 2.75) is 20.3 Å². The quantitative estimate of drug-likeness (QED) is 0.271. The Labute approximate surface area is 196 Å². The van der Waals surface area contributed by atoms with Gasteiger partial charge in [-0.25, -0.2) is 0 Å². The summed E-state index contributed by atoms with van der Waals surface area (Å²) in [4.78, 5) is 4.67. The Morgan fingerprint density at radius 3 is 2.17 bits per heavy atom. The van der Waals surface area contributed by atoms with Crippen molar-refractivity contribution in [3.05, 3.63) is 42.0 Å². The monoisotopic (exact) mass is 529 g/mol. The zero-order chi connectivity index (χ0) is 21.1. The van der Waals surface area contributed by atoms with Gasteiger partial charge in [-0.3, -0.25) is 4.99 Å². The smallest absolute Gasteiger partial charge is 0.195 e. The van der Waals surface area contributed by atoms with Gasteiger partial charge in [0.15, 0.2) is 29.0 Å². The topological polar surface area (TPSA) is 73.3 Å². The summed E-state index contributed by atoms with van der Waals surface area (Å²) in [6.07, 6.45) is 0.781. The number of hydrogen-bond acceptors (Lipinski definition) is 5. The van der Waals surface area contributed by atoms with Gasteiger partial charge >= 0.3 is 0 Å². The standard InChI is InChI=1S/C22H31N3O4.HI/c1-6-23-22(25-17-9-11-19(29-7-2)21(15-17)28-5)24-13-12-16-8-10-18(26-3)20(14-16)27-4;/h8-11,14-15H,6-7,12-13H2,1-5H3,(H2,23,24,25);1H. The lowest BCUT2D eigenvalue weighted by Gasteiger charge is -2.14. The Hall–Kier alpha value is -2.36. The molecule has 0 aromatic heterocycles. The van der Waals surface area contributed by atoms with E-state index in [-0.39, 0.29) is 24.0 Å². The molecule has 0 bridgehead atoms. The van der Waals surface area contributed by atoms with E-state index in [1.807, 2.05) is 50.2 Å². The largest absolute Gasteiger partial charge is 0.493 e. The second kappa shape index (κ2) is 13.8. The lowest BCUT2D eigenvalue weighted by Crippen LogP contribution is -2.30. The molecule has 0 spiro atoms. The average Bonchev–Trinajstić information content (AvgIpc) is 2.74. The maximum atomic E-state index is 5.57. The highest BCUT2D eigenvalue weighted by molar-refractivity contribution is 14.0. The van der Waals surface area contributed by atoms with Gasteiger partial charge in [-0.05, 0) is 50.1 Å². The minimum absolute atomic E-state index is 0. The molecule has 0 amide bonds. The van der Waals surface area contributed by atoms with Gasteiger partial charge in [0.1, 0.15) is 0 Å². The number of benzene rings is 2. The first kappa shape index (κ1) is 25.7.